The van der Waals surface area contributed by atoms with Gasteiger partial charge in [-0.25, -0.2) is 14.2 Å². The largest absolute Gasteiger partial charge is 0.479 e. The van der Waals surface area contributed by atoms with Gasteiger partial charge >= 0.3 is 5.97 Å². The van der Waals surface area contributed by atoms with Crippen molar-refractivity contribution in [2.75, 3.05) is 30.4 Å². The molecule has 1 saturated heterocycles. The van der Waals surface area contributed by atoms with E-state index in [1.165, 1.54) is 4.68 Å². The lowest BCUT2D eigenvalue weighted by Crippen LogP contribution is -2.51. The first kappa shape index (κ1) is 15.2. The van der Waals surface area contributed by atoms with E-state index >= 15 is 0 Å². The molecular formula is C14H17FN6O2. The minimum absolute atomic E-state index is 0.122. The summed E-state index contributed by atoms with van der Waals surface area (Å²) in [7, 11) is 1.58. The van der Waals surface area contributed by atoms with E-state index in [9.17, 15) is 14.3 Å². The summed E-state index contributed by atoms with van der Waals surface area (Å²) in [5.74, 6) is -0.922. The summed E-state index contributed by atoms with van der Waals surface area (Å²) in [5.41, 5.74) is -1.06. The Morgan fingerprint density at radius 3 is 2.74 bits per heavy atom. The standard InChI is InChI=1S/C14H17FN6O2/c1-16-11-10(15)9-17-13(19-11)20-7-3-14(4-8-20,12(22)23)21-6-2-5-18-21/h2,5-6,9H,3-4,7-8H2,1H3,(H,22,23)(H,16,17,19). The van der Waals surface area contributed by atoms with Crippen molar-refractivity contribution in [1.82, 2.24) is 19.7 Å². The smallest absolute Gasteiger partial charge is 0.331 e. The van der Waals surface area contributed by atoms with E-state index in [-0.39, 0.29) is 5.82 Å². The summed E-state index contributed by atoms with van der Waals surface area (Å²) in [6, 6.07) is 1.71. The number of carbonyl (C=O) groups is 1. The normalized spacial score (nSPS) is 17.0. The predicted molar refractivity (Wildman–Crippen MR) is 80.8 cm³/mol. The zero-order valence-electron chi connectivity index (χ0n) is 12.6. The van der Waals surface area contributed by atoms with Crippen LogP contribution in [0.25, 0.3) is 0 Å². The van der Waals surface area contributed by atoms with Gasteiger partial charge in [0.1, 0.15) is 0 Å². The fourth-order valence-corrected chi connectivity index (χ4v) is 2.83. The van der Waals surface area contributed by atoms with Gasteiger partial charge in [-0.3, -0.25) is 4.68 Å². The Bertz CT molecular complexity index is 697. The van der Waals surface area contributed by atoms with Crippen LogP contribution in [0.1, 0.15) is 12.8 Å². The monoisotopic (exact) mass is 320 g/mol. The van der Waals surface area contributed by atoms with E-state index in [1.807, 2.05) is 4.90 Å². The van der Waals surface area contributed by atoms with Crippen LogP contribution >= 0.6 is 0 Å². The Morgan fingerprint density at radius 2 is 2.17 bits per heavy atom. The van der Waals surface area contributed by atoms with Crippen LogP contribution in [0.5, 0.6) is 0 Å². The number of halogens is 1. The topological polar surface area (TPSA) is 96.2 Å². The average Bonchev–Trinajstić information content (AvgIpc) is 3.10. The van der Waals surface area contributed by atoms with E-state index in [2.05, 4.69) is 20.4 Å². The molecule has 0 aromatic carbocycles. The minimum Gasteiger partial charge on any atom is -0.479 e. The molecule has 0 radical (unpaired) electrons. The molecule has 2 aromatic rings. The van der Waals surface area contributed by atoms with Crippen molar-refractivity contribution in [3.05, 3.63) is 30.5 Å². The highest BCUT2D eigenvalue weighted by molar-refractivity contribution is 5.77. The van der Waals surface area contributed by atoms with Gasteiger partial charge in [-0.1, -0.05) is 0 Å². The molecule has 3 heterocycles. The number of aromatic nitrogens is 4. The molecule has 122 valence electrons. The minimum atomic E-state index is -1.06. The molecule has 2 N–H and O–H groups in total. The van der Waals surface area contributed by atoms with E-state index in [4.69, 9.17) is 0 Å². The number of carboxylic acids is 1. The third-order valence-corrected chi connectivity index (χ3v) is 4.18. The van der Waals surface area contributed by atoms with Gasteiger partial charge in [0.05, 0.1) is 6.20 Å². The number of nitrogens with zero attached hydrogens (tertiary/aromatic N) is 5. The van der Waals surface area contributed by atoms with E-state index in [0.29, 0.717) is 31.9 Å². The van der Waals surface area contributed by atoms with Crippen LogP contribution in [-0.4, -0.2) is 51.0 Å². The van der Waals surface area contributed by atoms with E-state index in [0.717, 1.165) is 6.20 Å². The van der Waals surface area contributed by atoms with Crippen molar-refractivity contribution >= 4 is 17.7 Å². The molecule has 0 unspecified atom stereocenters. The van der Waals surface area contributed by atoms with Crippen LogP contribution in [0.2, 0.25) is 0 Å². The maximum absolute atomic E-state index is 13.5. The predicted octanol–water partition coefficient (Wildman–Crippen LogP) is 0.934. The number of anilines is 2. The first-order chi connectivity index (χ1) is 11.1. The van der Waals surface area contributed by atoms with Gasteiger partial charge in [-0.05, 0) is 6.07 Å². The second kappa shape index (κ2) is 5.82. The second-order valence-corrected chi connectivity index (χ2v) is 5.39. The molecule has 0 atom stereocenters. The van der Waals surface area contributed by atoms with Gasteiger partial charge < -0.3 is 15.3 Å². The number of rotatable bonds is 4. The summed E-state index contributed by atoms with van der Waals surface area (Å²) < 4.78 is 15.0. The van der Waals surface area contributed by atoms with Gasteiger partial charge in [-0.2, -0.15) is 10.1 Å². The Labute approximate surface area is 132 Å². The summed E-state index contributed by atoms with van der Waals surface area (Å²) in [6.07, 6.45) is 5.07. The summed E-state index contributed by atoms with van der Waals surface area (Å²) in [4.78, 5) is 21.8. The molecule has 1 aliphatic rings. The first-order valence-corrected chi connectivity index (χ1v) is 7.25. The SMILES string of the molecule is CNc1nc(N2CCC(C(=O)O)(n3cccn3)CC2)ncc1F. The van der Waals surface area contributed by atoms with Crippen LogP contribution in [-0.2, 0) is 10.3 Å². The Kier molecular flexibility index (Phi) is 3.85. The highest BCUT2D eigenvalue weighted by Crippen LogP contribution is 2.31. The summed E-state index contributed by atoms with van der Waals surface area (Å²) in [5, 5.41) is 16.4. The molecule has 9 heteroatoms. The van der Waals surface area contributed by atoms with E-state index in [1.54, 1.807) is 25.5 Å². The molecule has 2 aromatic heterocycles. The van der Waals surface area contributed by atoms with Gasteiger partial charge in [-0.15, -0.1) is 0 Å². The summed E-state index contributed by atoms with van der Waals surface area (Å²) in [6.45, 7) is 0.891. The number of hydrogen-bond acceptors (Lipinski definition) is 6. The highest BCUT2D eigenvalue weighted by Gasteiger charge is 2.44. The van der Waals surface area contributed by atoms with Crippen LogP contribution in [0.15, 0.2) is 24.7 Å². The highest BCUT2D eigenvalue weighted by atomic mass is 19.1. The molecule has 1 aliphatic heterocycles. The molecule has 1 fully saturated rings. The number of piperidine rings is 1. The van der Waals surface area contributed by atoms with Crippen molar-refractivity contribution in [3.63, 3.8) is 0 Å². The molecule has 3 rings (SSSR count). The number of aliphatic carboxylic acids is 1. The lowest BCUT2D eigenvalue weighted by atomic mass is 9.88. The van der Waals surface area contributed by atoms with Crippen LogP contribution in [0, 0.1) is 5.82 Å². The maximum Gasteiger partial charge on any atom is 0.331 e. The Morgan fingerprint density at radius 1 is 1.43 bits per heavy atom. The number of nitrogens with one attached hydrogen (secondary N) is 1. The van der Waals surface area contributed by atoms with Crippen molar-refractivity contribution in [2.24, 2.45) is 0 Å². The fraction of sp³-hybridized carbons (Fsp3) is 0.429. The van der Waals surface area contributed by atoms with Crippen molar-refractivity contribution < 1.29 is 14.3 Å². The molecule has 0 aliphatic carbocycles. The zero-order chi connectivity index (χ0) is 16.4. The lowest BCUT2D eigenvalue weighted by Gasteiger charge is -2.38. The Hall–Kier alpha value is -2.71. The molecule has 0 bridgehead atoms. The first-order valence-electron chi connectivity index (χ1n) is 7.25. The third kappa shape index (κ3) is 2.58. The number of hydrogen-bond donors (Lipinski definition) is 2. The summed E-state index contributed by atoms with van der Waals surface area (Å²) >= 11 is 0. The zero-order valence-corrected chi connectivity index (χ0v) is 12.6. The van der Waals surface area contributed by atoms with Crippen LogP contribution in [0.3, 0.4) is 0 Å². The van der Waals surface area contributed by atoms with Gasteiger partial charge in [0.15, 0.2) is 17.2 Å². The van der Waals surface area contributed by atoms with Crippen molar-refractivity contribution in [2.45, 2.75) is 18.4 Å². The van der Waals surface area contributed by atoms with Gasteiger partial charge in [0.25, 0.3) is 0 Å². The van der Waals surface area contributed by atoms with Gasteiger partial charge in [0, 0.05) is 45.4 Å². The van der Waals surface area contributed by atoms with E-state index < -0.39 is 17.3 Å². The quantitative estimate of drug-likeness (QED) is 0.865. The van der Waals surface area contributed by atoms with Crippen molar-refractivity contribution in [3.8, 4) is 0 Å². The molecule has 8 nitrogen and oxygen atoms in total. The fourth-order valence-electron chi connectivity index (χ4n) is 2.83. The Balaban J connectivity index is 1.81. The molecule has 0 spiro atoms. The second-order valence-electron chi connectivity index (χ2n) is 5.39. The number of carboxylic acid groups (broad SMARTS) is 1. The average molecular weight is 320 g/mol. The van der Waals surface area contributed by atoms with Gasteiger partial charge in [0.2, 0.25) is 5.95 Å². The lowest BCUT2D eigenvalue weighted by molar-refractivity contribution is -0.149. The van der Waals surface area contributed by atoms with Crippen LogP contribution < -0.4 is 10.2 Å². The van der Waals surface area contributed by atoms with Crippen LogP contribution in [0.4, 0.5) is 16.2 Å². The molecular weight excluding hydrogens is 303 g/mol. The maximum atomic E-state index is 13.5. The molecule has 0 amide bonds. The molecule has 0 saturated carbocycles. The third-order valence-electron chi connectivity index (χ3n) is 4.18. The molecule has 23 heavy (non-hydrogen) atoms. The van der Waals surface area contributed by atoms with Crippen molar-refractivity contribution in [1.29, 1.82) is 0 Å².